The van der Waals surface area contributed by atoms with Gasteiger partial charge in [-0.25, -0.2) is 4.39 Å². The first-order chi connectivity index (χ1) is 12.6. The minimum atomic E-state index is -0.305. The highest BCUT2D eigenvalue weighted by molar-refractivity contribution is 5.95. The molecule has 4 rings (SSSR count). The average Bonchev–Trinajstić information content (AvgIpc) is 3.01. The van der Waals surface area contributed by atoms with Crippen molar-refractivity contribution in [1.29, 1.82) is 0 Å². The predicted octanol–water partition coefficient (Wildman–Crippen LogP) is 4.68. The van der Waals surface area contributed by atoms with Crippen LogP contribution >= 0.6 is 12.4 Å². The first-order valence-electron chi connectivity index (χ1n) is 9.42. The van der Waals surface area contributed by atoms with Gasteiger partial charge in [0.15, 0.2) is 5.78 Å². The molecule has 2 aliphatic heterocycles. The third kappa shape index (κ3) is 4.50. The number of Topliss-reactive ketones (excluding diaryl/α,β-unsaturated/α-hetero) is 1. The highest BCUT2D eigenvalue weighted by Crippen LogP contribution is 2.40. The first-order valence-corrected chi connectivity index (χ1v) is 9.42. The summed E-state index contributed by atoms with van der Waals surface area (Å²) < 4.78 is 19.2. The normalized spacial score (nSPS) is 17.8. The number of nitrogens with zero attached hydrogens (tertiary/aromatic N) is 1. The zero-order valence-corrected chi connectivity index (χ0v) is 16.1. The third-order valence-electron chi connectivity index (χ3n) is 5.62. The van der Waals surface area contributed by atoms with Crippen molar-refractivity contribution < 1.29 is 13.9 Å². The van der Waals surface area contributed by atoms with Gasteiger partial charge in [0.2, 0.25) is 0 Å². The van der Waals surface area contributed by atoms with Crippen LogP contribution in [0.2, 0.25) is 0 Å². The molecule has 27 heavy (non-hydrogen) atoms. The SMILES string of the molecule is Cl.O=C(CCCN1CCC2(CC1)Cc1ccccc1O2)c1ccc(F)cc1. The molecule has 1 saturated heterocycles. The van der Waals surface area contributed by atoms with E-state index in [4.69, 9.17) is 4.74 Å². The van der Waals surface area contributed by atoms with Crippen molar-refractivity contribution in [2.75, 3.05) is 19.6 Å². The fourth-order valence-electron chi connectivity index (χ4n) is 4.07. The molecule has 0 aliphatic carbocycles. The average molecular weight is 390 g/mol. The molecule has 0 unspecified atom stereocenters. The molecule has 3 nitrogen and oxygen atoms in total. The van der Waals surface area contributed by atoms with Crippen molar-refractivity contribution in [3.05, 3.63) is 65.5 Å². The Bertz CT molecular complexity index is 758. The van der Waals surface area contributed by atoms with Crippen LogP contribution in [0, 0.1) is 5.82 Å². The van der Waals surface area contributed by atoms with E-state index in [1.54, 1.807) is 12.1 Å². The van der Waals surface area contributed by atoms with Crippen LogP contribution in [0.5, 0.6) is 5.75 Å². The van der Waals surface area contributed by atoms with E-state index in [2.05, 4.69) is 23.1 Å². The summed E-state index contributed by atoms with van der Waals surface area (Å²) in [5, 5.41) is 0. The van der Waals surface area contributed by atoms with Gasteiger partial charge in [-0.1, -0.05) is 18.2 Å². The van der Waals surface area contributed by atoms with Crippen LogP contribution in [0.15, 0.2) is 48.5 Å². The summed E-state index contributed by atoms with van der Waals surface area (Å²) in [5.41, 5.74) is 1.90. The van der Waals surface area contributed by atoms with Crippen molar-refractivity contribution in [3.8, 4) is 5.75 Å². The van der Waals surface area contributed by atoms with Crippen LogP contribution in [-0.4, -0.2) is 35.9 Å². The maximum absolute atomic E-state index is 12.9. The second-order valence-corrected chi connectivity index (χ2v) is 7.44. The minimum Gasteiger partial charge on any atom is -0.487 e. The van der Waals surface area contributed by atoms with E-state index < -0.39 is 0 Å². The van der Waals surface area contributed by atoms with Crippen LogP contribution in [0.4, 0.5) is 4.39 Å². The highest BCUT2D eigenvalue weighted by atomic mass is 35.5. The fraction of sp³-hybridized carbons (Fsp3) is 0.409. The molecule has 144 valence electrons. The number of fused-ring (bicyclic) bond motifs is 1. The maximum atomic E-state index is 12.9. The molecule has 2 aliphatic rings. The third-order valence-corrected chi connectivity index (χ3v) is 5.62. The summed E-state index contributed by atoms with van der Waals surface area (Å²) in [5.74, 6) is 0.832. The summed E-state index contributed by atoms with van der Waals surface area (Å²) in [6.45, 7) is 2.95. The lowest BCUT2D eigenvalue weighted by atomic mass is 9.87. The second-order valence-electron chi connectivity index (χ2n) is 7.44. The van der Waals surface area contributed by atoms with Gasteiger partial charge in [-0.3, -0.25) is 4.79 Å². The molecular formula is C22H25ClFNO2. The molecule has 2 aromatic carbocycles. The number of ketones is 1. The van der Waals surface area contributed by atoms with E-state index in [1.165, 1.54) is 17.7 Å². The second kappa shape index (κ2) is 8.41. The van der Waals surface area contributed by atoms with Gasteiger partial charge in [0.1, 0.15) is 17.2 Å². The first kappa shape index (κ1) is 19.8. The van der Waals surface area contributed by atoms with E-state index in [0.717, 1.165) is 51.1 Å². The van der Waals surface area contributed by atoms with Gasteiger partial charge < -0.3 is 9.64 Å². The molecule has 0 amide bonds. The van der Waals surface area contributed by atoms with Crippen LogP contribution in [0.25, 0.3) is 0 Å². The Labute approximate surface area is 165 Å². The Kier molecular flexibility index (Phi) is 6.18. The molecule has 0 saturated carbocycles. The van der Waals surface area contributed by atoms with Crippen LogP contribution in [0.1, 0.15) is 41.6 Å². The van der Waals surface area contributed by atoms with Crippen LogP contribution in [0.3, 0.4) is 0 Å². The number of likely N-dealkylation sites (tertiary alicyclic amines) is 1. The molecule has 2 aromatic rings. The van der Waals surface area contributed by atoms with Crippen molar-refractivity contribution in [2.45, 2.75) is 37.7 Å². The molecular weight excluding hydrogens is 365 g/mol. The number of piperidine rings is 1. The number of ether oxygens (including phenoxy) is 1. The number of benzene rings is 2. The monoisotopic (exact) mass is 389 g/mol. The summed E-state index contributed by atoms with van der Waals surface area (Å²) in [4.78, 5) is 14.6. The maximum Gasteiger partial charge on any atom is 0.162 e. The molecule has 0 radical (unpaired) electrons. The number of halogens is 2. The Morgan fingerprint density at radius 2 is 1.78 bits per heavy atom. The standard InChI is InChI=1S/C22H24FNO2.ClH/c23-19-9-7-17(8-10-19)20(25)5-3-13-24-14-11-22(12-15-24)16-18-4-1-2-6-21(18)26-22;/h1-2,4,6-10H,3,5,11-16H2;1H. The molecule has 0 aromatic heterocycles. The van der Waals surface area contributed by atoms with Gasteiger partial charge in [-0.15, -0.1) is 12.4 Å². The van der Waals surface area contributed by atoms with Gasteiger partial charge in [0.05, 0.1) is 0 Å². The number of hydrogen-bond acceptors (Lipinski definition) is 3. The molecule has 0 bridgehead atoms. The quantitative estimate of drug-likeness (QED) is 0.695. The Hall–Kier alpha value is -1.91. The number of rotatable bonds is 5. The van der Waals surface area contributed by atoms with Crippen LogP contribution < -0.4 is 4.74 Å². The summed E-state index contributed by atoms with van der Waals surface area (Å²) >= 11 is 0. The molecule has 0 N–H and O–H groups in total. The lowest BCUT2D eigenvalue weighted by molar-refractivity contribution is 0.0190. The molecule has 5 heteroatoms. The zero-order chi connectivity index (χ0) is 18.0. The van der Waals surface area contributed by atoms with Crippen LogP contribution in [-0.2, 0) is 6.42 Å². The molecule has 1 fully saturated rings. The van der Waals surface area contributed by atoms with Crippen molar-refractivity contribution in [2.24, 2.45) is 0 Å². The summed E-state index contributed by atoms with van der Waals surface area (Å²) in [6, 6.07) is 14.2. The van der Waals surface area contributed by atoms with Gasteiger partial charge in [0, 0.05) is 44.3 Å². The minimum absolute atomic E-state index is 0. The molecule has 0 atom stereocenters. The number of hydrogen-bond donors (Lipinski definition) is 0. The van der Waals surface area contributed by atoms with Gasteiger partial charge in [0.25, 0.3) is 0 Å². The molecule has 1 spiro atoms. The van der Waals surface area contributed by atoms with Crippen molar-refractivity contribution in [1.82, 2.24) is 4.90 Å². The predicted molar refractivity (Wildman–Crippen MR) is 106 cm³/mol. The molecule has 2 heterocycles. The Morgan fingerprint density at radius 3 is 2.48 bits per heavy atom. The van der Waals surface area contributed by atoms with E-state index >= 15 is 0 Å². The lowest BCUT2D eigenvalue weighted by Gasteiger charge is -2.38. The Balaban J connectivity index is 0.00000210. The topological polar surface area (TPSA) is 29.5 Å². The summed E-state index contributed by atoms with van der Waals surface area (Å²) in [6.07, 6.45) is 4.43. The van der Waals surface area contributed by atoms with Gasteiger partial charge in [-0.2, -0.15) is 0 Å². The smallest absolute Gasteiger partial charge is 0.162 e. The van der Waals surface area contributed by atoms with Gasteiger partial charge in [-0.05, 0) is 48.9 Å². The van der Waals surface area contributed by atoms with E-state index in [-0.39, 0.29) is 29.6 Å². The number of para-hydroxylation sites is 1. The van der Waals surface area contributed by atoms with E-state index in [0.29, 0.717) is 12.0 Å². The van der Waals surface area contributed by atoms with Crippen molar-refractivity contribution >= 4 is 18.2 Å². The van der Waals surface area contributed by atoms with E-state index in [1.807, 2.05) is 6.07 Å². The van der Waals surface area contributed by atoms with Crippen molar-refractivity contribution in [3.63, 3.8) is 0 Å². The fourth-order valence-corrected chi connectivity index (χ4v) is 4.07. The Morgan fingerprint density at radius 1 is 1.07 bits per heavy atom. The van der Waals surface area contributed by atoms with E-state index in [9.17, 15) is 9.18 Å². The largest absolute Gasteiger partial charge is 0.487 e. The lowest BCUT2D eigenvalue weighted by Crippen LogP contribution is -2.47. The number of carbonyl (C=O) groups excluding carboxylic acids is 1. The highest BCUT2D eigenvalue weighted by Gasteiger charge is 2.41. The zero-order valence-electron chi connectivity index (χ0n) is 15.3. The number of carbonyl (C=O) groups is 1. The van der Waals surface area contributed by atoms with Gasteiger partial charge >= 0.3 is 0 Å². The summed E-state index contributed by atoms with van der Waals surface area (Å²) in [7, 11) is 0.